The lowest BCUT2D eigenvalue weighted by Crippen LogP contribution is -2.61. The average molecular weight is 368 g/mol. The maximum atomic E-state index is 14.5. The fourth-order valence-electron chi connectivity index (χ4n) is 5.30. The molecule has 1 aromatic rings. The zero-order valence-corrected chi connectivity index (χ0v) is 14.8. The predicted molar refractivity (Wildman–Crippen MR) is 89.6 cm³/mol. The molecule has 4 saturated heterocycles. The summed E-state index contributed by atoms with van der Waals surface area (Å²) < 4.78 is 55.9. The Bertz CT molecular complexity index is 803. The first kappa shape index (κ1) is 16.1. The molecule has 0 unspecified atom stereocenters. The van der Waals surface area contributed by atoms with E-state index in [1.807, 2.05) is 0 Å². The van der Waals surface area contributed by atoms with Crippen molar-refractivity contribution in [2.24, 2.45) is 5.92 Å². The number of hydrogen-bond donors (Lipinski definition) is 0. The Morgan fingerprint density at radius 3 is 2.40 bits per heavy atom. The first-order valence-electron chi connectivity index (χ1n) is 9.17. The molecule has 4 aliphatic heterocycles. The number of benzene rings is 1. The van der Waals surface area contributed by atoms with Crippen LogP contribution in [-0.2, 0) is 10.0 Å². The van der Waals surface area contributed by atoms with Crippen LogP contribution in [0.4, 0.5) is 8.78 Å². The van der Waals surface area contributed by atoms with E-state index in [9.17, 15) is 17.2 Å². The number of halogens is 2. The quantitative estimate of drug-likeness (QED) is 0.822. The standard InChI is InChI=1S/C18H22F2N2O2S/c19-15-3-1-2-13(16(15)20)14-10-22(25(23,24)12-4-5-12)17-11-6-8-21(9-7-11)18(14)17/h1-3,11-12,14,17-18H,4-10H2/t14-,17+,18+/m1/s1. The summed E-state index contributed by atoms with van der Waals surface area (Å²) in [6, 6.07) is 4.16. The Morgan fingerprint density at radius 2 is 1.72 bits per heavy atom. The Balaban J connectivity index is 1.59. The highest BCUT2D eigenvalue weighted by Crippen LogP contribution is 2.49. The van der Waals surface area contributed by atoms with Crippen LogP contribution in [0.2, 0.25) is 0 Å². The molecule has 5 aliphatic rings. The minimum atomic E-state index is -3.33. The van der Waals surface area contributed by atoms with Crippen molar-refractivity contribution >= 4 is 10.0 Å². The molecule has 5 fully saturated rings. The van der Waals surface area contributed by atoms with Gasteiger partial charge in [-0.2, -0.15) is 4.31 Å². The topological polar surface area (TPSA) is 40.6 Å². The lowest BCUT2D eigenvalue weighted by atomic mass is 9.75. The Hall–Kier alpha value is -1.05. The van der Waals surface area contributed by atoms with Gasteiger partial charge in [-0.15, -0.1) is 0 Å². The Labute approximate surface area is 146 Å². The SMILES string of the molecule is O=S(=O)(C1CC1)N1C[C@H](c2cccc(F)c2F)[C@H]2[C@@H]1C1CCN2CC1. The summed E-state index contributed by atoms with van der Waals surface area (Å²) in [6.45, 7) is 2.13. The fraction of sp³-hybridized carbons (Fsp3) is 0.667. The van der Waals surface area contributed by atoms with Gasteiger partial charge in [0.1, 0.15) is 0 Å². The average Bonchev–Trinajstić information content (AvgIpc) is 3.39. The second-order valence-corrected chi connectivity index (χ2v) is 10.1. The van der Waals surface area contributed by atoms with Crippen LogP contribution in [0.15, 0.2) is 18.2 Å². The highest BCUT2D eigenvalue weighted by Gasteiger charge is 2.58. The Kier molecular flexibility index (Phi) is 3.53. The molecule has 0 N–H and O–H groups in total. The summed E-state index contributed by atoms with van der Waals surface area (Å²) in [4.78, 5) is 2.31. The summed E-state index contributed by atoms with van der Waals surface area (Å²) in [5.74, 6) is -1.63. The molecule has 1 saturated carbocycles. The predicted octanol–water partition coefficient (Wildman–Crippen LogP) is 2.32. The molecule has 0 amide bonds. The van der Waals surface area contributed by atoms with E-state index in [2.05, 4.69) is 4.90 Å². The van der Waals surface area contributed by atoms with Crippen LogP contribution < -0.4 is 0 Å². The maximum absolute atomic E-state index is 14.5. The molecule has 136 valence electrons. The van der Waals surface area contributed by atoms with Crippen molar-refractivity contribution in [3.05, 3.63) is 35.4 Å². The van der Waals surface area contributed by atoms with Gasteiger partial charge < -0.3 is 0 Å². The molecule has 4 nitrogen and oxygen atoms in total. The zero-order chi connectivity index (χ0) is 17.3. The lowest BCUT2D eigenvalue weighted by molar-refractivity contribution is 0.0119. The van der Waals surface area contributed by atoms with Gasteiger partial charge in [-0.3, -0.25) is 4.90 Å². The summed E-state index contributed by atoms with van der Waals surface area (Å²) in [5.41, 5.74) is 0.330. The summed E-state index contributed by atoms with van der Waals surface area (Å²) in [7, 11) is -3.33. The van der Waals surface area contributed by atoms with Crippen LogP contribution in [-0.4, -0.2) is 54.6 Å². The maximum Gasteiger partial charge on any atom is 0.217 e. The van der Waals surface area contributed by atoms with E-state index in [0.717, 1.165) is 44.8 Å². The lowest BCUT2D eigenvalue weighted by Gasteiger charge is -2.51. The van der Waals surface area contributed by atoms with E-state index >= 15 is 0 Å². The largest absolute Gasteiger partial charge is 0.298 e. The molecule has 7 heteroatoms. The van der Waals surface area contributed by atoms with Crippen LogP contribution in [0, 0.1) is 17.6 Å². The fourth-order valence-corrected chi connectivity index (χ4v) is 7.41. The number of sulfonamides is 1. The third-order valence-electron chi connectivity index (χ3n) is 6.60. The molecule has 6 rings (SSSR count). The van der Waals surface area contributed by atoms with Crippen molar-refractivity contribution in [1.82, 2.24) is 9.21 Å². The number of hydrogen-bond acceptors (Lipinski definition) is 3. The second kappa shape index (κ2) is 5.47. The van der Waals surface area contributed by atoms with Crippen molar-refractivity contribution in [3.63, 3.8) is 0 Å². The van der Waals surface area contributed by atoms with Gasteiger partial charge in [-0.25, -0.2) is 17.2 Å². The molecule has 0 spiro atoms. The molecule has 3 atom stereocenters. The minimum Gasteiger partial charge on any atom is -0.298 e. The number of nitrogens with zero attached hydrogens (tertiary/aromatic N) is 2. The molecule has 1 aromatic carbocycles. The monoisotopic (exact) mass is 368 g/mol. The highest BCUT2D eigenvalue weighted by molar-refractivity contribution is 7.90. The van der Waals surface area contributed by atoms with Crippen molar-refractivity contribution < 1.29 is 17.2 Å². The molecule has 2 bridgehead atoms. The van der Waals surface area contributed by atoms with Gasteiger partial charge in [0.05, 0.1) is 5.25 Å². The van der Waals surface area contributed by atoms with Crippen LogP contribution in [0.25, 0.3) is 0 Å². The zero-order valence-electron chi connectivity index (χ0n) is 13.9. The first-order chi connectivity index (χ1) is 12.0. The summed E-state index contributed by atoms with van der Waals surface area (Å²) >= 11 is 0. The van der Waals surface area contributed by atoms with Crippen molar-refractivity contribution in [2.45, 2.75) is 48.9 Å². The third-order valence-corrected chi connectivity index (χ3v) is 8.96. The number of piperidine rings is 3. The van der Waals surface area contributed by atoms with Crippen molar-refractivity contribution in [3.8, 4) is 0 Å². The van der Waals surface area contributed by atoms with E-state index in [0.29, 0.717) is 11.5 Å². The molecular weight excluding hydrogens is 346 g/mol. The minimum absolute atomic E-state index is 0.0303. The molecule has 25 heavy (non-hydrogen) atoms. The van der Waals surface area contributed by atoms with Gasteiger partial charge >= 0.3 is 0 Å². The smallest absolute Gasteiger partial charge is 0.217 e. The molecule has 4 heterocycles. The first-order valence-corrected chi connectivity index (χ1v) is 10.7. The van der Waals surface area contributed by atoms with Crippen LogP contribution >= 0.6 is 0 Å². The van der Waals surface area contributed by atoms with Crippen LogP contribution in [0.1, 0.15) is 37.2 Å². The molecular formula is C18H22F2N2O2S. The summed E-state index contributed by atoms with van der Waals surface area (Å²) in [5, 5.41) is -0.264. The second-order valence-electron chi connectivity index (χ2n) is 7.92. The molecule has 0 radical (unpaired) electrons. The van der Waals surface area contributed by atoms with Gasteiger partial charge in [0.15, 0.2) is 11.6 Å². The van der Waals surface area contributed by atoms with Crippen molar-refractivity contribution in [1.29, 1.82) is 0 Å². The van der Waals surface area contributed by atoms with E-state index < -0.39 is 21.7 Å². The Morgan fingerprint density at radius 1 is 1.00 bits per heavy atom. The molecule has 1 aliphatic carbocycles. The van der Waals surface area contributed by atoms with Gasteiger partial charge in [0, 0.05) is 24.5 Å². The summed E-state index contributed by atoms with van der Waals surface area (Å²) in [6.07, 6.45) is 3.44. The van der Waals surface area contributed by atoms with E-state index in [-0.39, 0.29) is 29.8 Å². The number of fused-ring (bicyclic) bond motifs is 2. The van der Waals surface area contributed by atoms with Gasteiger partial charge in [-0.1, -0.05) is 12.1 Å². The van der Waals surface area contributed by atoms with Gasteiger partial charge in [0.25, 0.3) is 0 Å². The highest BCUT2D eigenvalue weighted by atomic mass is 32.2. The van der Waals surface area contributed by atoms with E-state index in [1.165, 1.54) is 6.07 Å². The normalized spacial score (nSPS) is 38.1. The van der Waals surface area contributed by atoms with Gasteiger partial charge in [-0.05, 0) is 56.3 Å². The number of rotatable bonds is 3. The van der Waals surface area contributed by atoms with Crippen LogP contribution in [0.3, 0.4) is 0 Å². The van der Waals surface area contributed by atoms with Crippen LogP contribution in [0.5, 0.6) is 0 Å². The van der Waals surface area contributed by atoms with E-state index in [4.69, 9.17) is 0 Å². The molecule has 0 aromatic heterocycles. The van der Waals surface area contributed by atoms with Crippen molar-refractivity contribution in [2.75, 3.05) is 19.6 Å². The van der Waals surface area contributed by atoms with Gasteiger partial charge in [0.2, 0.25) is 10.0 Å². The van der Waals surface area contributed by atoms with E-state index in [1.54, 1.807) is 10.4 Å². The third kappa shape index (κ3) is 2.32.